The normalized spacial score (nSPS) is 12.3. The first kappa shape index (κ1) is 20.5. The summed E-state index contributed by atoms with van der Waals surface area (Å²) < 4.78 is 5.52. The van der Waals surface area contributed by atoms with E-state index in [1.807, 2.05) is 13.8 Å². The van der Waals surface area contributed by atoms with Crippen molar-refractivity contribution in [1.82, 2.24) is 5.32 Å². The summed E-state index contributed by atoms with van der Waals surface area (Å²) in [7, 11) is 0. The Morgan fingerprint density at radius 2 is 1.83 bits per heavy atom. The van der Waals surface area contributed by atoms with E-state index in [4.69, 9.17) is 16.3 Å². The molecule has 0 saturated carbocycles. The van der Waals surface area contributed by atoms with Crippen molar-refractivity contribution in [1.29, 1.82) is 0 Å². The van der Waals surface area contributed by atoms with Gasteiger partial charge in [0.1, 0.15) is 6.10 Å². The lowest BCUT2D eigenvalue weighted by Gasteiger charge is -2.16. The van der Waals surface area contributed by atoms with Crippen molar-refractivity contribution in [3.8, 4) is 0 Å². The fourth-order valence-corrected chi connectivity index (χ4v) is 2.06. The Hall–Kier alpha value is -1.59. The molecular weight excluding hydrogens is 328 g/mol. The third-order valence-electron chi connectivity index (χ3n) is 3.34. The van der Waals surface area contributed by atoms with Gasteiger partial charge in [-0.25, -0.2) is 0 Å². The predicted octanol–water partition coefficient (Wildman–Crippen LogP) is 3.87. The maximum absolute atomic E-state index is 12.2. The van der Waals surface area contributed by atoms with Gasteiger partial charge in [-0.2, -0.15) is 0 Å². The van der Waals surface area contributed by atoms with Crippen LogP contribution in [0.4, 0.5) is 5.69 Å². The van der Waals surface area contributed by atoms with Gasteiger partial charge in [-0.05, 0) is 51.3 Å². The van der Waals surface area contributed by atoms with Crippen LogP contribution in [0.2, 0.25) is 5.02 Å². The summed E-state index contributed by atoms with van der Waals surface area (Å²) in [6.45, 7) is 10.2. The van der Waals surface area contributed by atoms with E-state index in [1.54, 1.807) is 25.1 Å². The molecule has 0 aromatic heterocycles. The molecule has 0 bridgehead atoms. The summed E-state index contributed by atoms with van der Waals surface area (Å²) in [6.07, 6.45) is 0.302. The van der Waals surface area contributed by atoms with E-state index in [0.29, 0.717) is 28.8 Å². The molecule has 1 atom stereocenters. The van der Waals surface area contributed by atoms with Gasteiger partial charge in [0.15, 0.2) is 0 Å². The van der Waals surface area contributed by atoms with Crippen LogP contribution in [-0.4, -0.2) is 30.6 Å². The van der Waals surface area contributed by atoms with Gasteiger partial charge in [0.05, 0.1) is 10.7 Å². The van der Waals surface area contributed by atoms with Gasteiger partial charge in [-0.1, -0.05) is 25.4 Å². The van der Waals surface area contributed by atoms with Crippen LogP contribution in [0.5, 0.6) is 0 Å². The number of rotatable bonds is 8. The highest BCUT2D eigenvalue weighted by molar-refractivity contribution is 6.34. The standard InChI is InChI=1S/C18H27ClN2O3/c1-11(2)8-9-24-13(5)17(22)21-16-10-14(6-7-15(16)19)18(23)20-12(3)4/h6-7,10-13H,8-9H2,1-5H3,(H,20,23)(H,21,22). The topological polar surface area (TPSA) is 67.4 Å². The van der Waals surface area contributed by atoms with E-state index in [2.05, 4.69) is 24.5 Å². The molecule has 5 nitrogen and oxygen atoms in total. The number of ether oxygens (including phenoxy) is 1. The lowest BCUT2D eigenvalue weighted by atomic mass is 10.1. The number of halogens is 1. The largest absolute Gasteiger partial charge is 0.369 e. The lowest BCUT2D eigenvalue weighted by molar-refractivity contribution is -0.126. The minimum Gasteiger partial charge on any atom is -0.369 e. The first-order valence-corrected chi connectivity index (χ1v) is 8.61. The molecule has 0 spiro atoms. The Kier molecular flexibility index (Phi) is 8.22. The molecule has 0 aliphatic heterocycles. The van der Waals surface area contributed by atoms with E-state index < -0.39 is 6.10 Å². The van der Waals surface area contributed by atoms with Gasteiger partial charge in [-0.15, -0.1) is 0 Å². The Bertz CT molecular complexity index is 573. The zero-order chi connectivity index (χ0) is 18.3. The molecule has 0 radical (unpaired) electrons. The number of nitrogens with one attached hydrogen (secondary N) is 2. The third-order valence-corrected chi connectivity index (χ3v) is 3.67. The molecule has 24 heavy (non-hydrogen) atoms. The van der Waals surface area contributed by atoms with Crippen molar-refractivity contribution >= 4 is 29.1 Å². The second-order valence-corrected chi connectivity index (χ2v) is 6.91. The molecule has 0 heterocycles. The minimum absolute atomic E-state index is 0.0283. The zero-order valence-corrected chi connectivity index (χ0v) is 15.7. The molecule has 1 aromatic rings. The Morgan fingerprint density at radius 1 is 1.17 bits per heavy atom. The van der Waals surface area contributed by atoms with E-state index in [9.17, 15) is 9.59 Å². The quantitative estimate of drug-likeness (QED) is 0.744. The SMILES string of the molecule is CC(C)CCOC(C)C(=O)Nc1cc(C(=O)NC(C)C)ccc1Cl. The molecule has 0 fully saturated rings. The average molecular weight is 355 g/mol. The van der Waals surface area contributed by atoms with Gasteiger partial charge < -0.3 is 15.4 Å². The molecular formula is C18H27ClN2O3. The van der Waals surface area contributed by atoms with E-state index >= 15 is 0 Å². The molecule has 6 heteroatoms. The Balaban J connectivity index is 2.72. The average Bonchev–Trinajstić information content (AvgIpc) is 2.48. The zero-order valence-electron chi connectivity index (χ0n) is 15.0. The number of carbonyl (C=O) groups excluding carboxylic acids is 2. The minimum atomic E-state index is -0.590. The van der Waals surface area contributed by atoms with Crippen molar-refractivity contribution in [2.24, 2.45) is 5.92 Å². The van der Waals surface area contributed by atoms with Crippen LogP contribution < -0.4 is 10.6 Å². The highest BCUT2D eigenvalue weighted by Gasteiger charge is 2.16. The van der Waals surface area contributed by atoms with E-state index in [1.165, 1.54) is 0 Å². The Morgan fingerprint density at radius 3 is 2.42 bits per heavy atom. The van der Waals surface area contributed by atoms with Crippen molar-refractivity contribution in [2.45, 2.75) is 53.2 Å². The molecule has 2 N–H and O–H groups in total. The summed E-state index contributed by atoms with van der Waals surface area (Å²) >= 11 is 6.11. The van der Waals surface area contributed by atoms with Crippen molar-refractivity contribution in [3.05, 3.63) is 28.8 Å². The lowest BCUT2D eigenvalue weighted by Crippen LogP contribution is -2.30. The van der Waals surface area contributed by atoms with Crippen LogP contribution in [0, 0.1) is 5.92 Å². The highest BCUT2D eigenvalue weighted by Crippen LogP contribution is 2.23. The third kappa shape index (κ3) is 6.89. The summed E-state index contributed by atoms with van der Waals surface area (Å²) in [5.41, 5.74) is 0.842. The van der Waals surface area contributed by atoms with Crippen LogP contribution in [0.25, 0.3) is 0 Å². The maximum atomic E-state index is 12.2. The van der Waals surface area contributed by atoms with E-state index in [-0.39, 0.29) is 17.9 Å². The van der Waals surface area contributed by atoms with Gasteiger partial charge in [0.2, 0.25) is 0 Å². The molecule has 1 aromatic carbocycles. The van der Waals surface area contributed by atoms with Crippen LogP contribution in [0.15, 0.2) is 18.2 Å². The number of anilines is 1. The molecule has 0 aliphatic carbocycles. The Labute approximate surface area is 149 Å². The van der Waals surface area contributed by atoms with Crippen molar-refractivity contribution in [3.63, 3.8) is 0 Å². The maximum Gasteiger partial charge on any atom is 0.253 e. The summed E-state index contributed by atoms with van der Waals surface area (Å²) in [5.74, 6) is 0.0197. The molecule has 134 valence electrons. The van der Waals surface area contributed by atoms with Gasteiger partial charge in [0.25, 0.3) is 11.8 Å². The number of hydrogen-bond acceptors (Lipinski definition) is 3. The van der Waals surface area contributed by atoms with Crippen LogP contribution in [0.1, 0.15) is 51.4 Å². The molecule has 0 aliphatic rings. The number of benzene rings is 1. The molecule has 2 amide bonds. The number of amides is 2. The van der Waals surface area contributed by atoms with Crippen molar-refractivity contribution < 1.29 is 14.3 Å². The van der Waals surface area contributed by atoms with Gasteiger partial charge >= 0.3 is 0 Å². The summed E-state index contributed by atoms with van der Waals surface area (Å²) in [4.78, 5) is 24.3. The van der Waals surface area contributed by atoms with Crippen LogP contribution >= 0.6 is 11.6 Å². The molecule has 1 rings (SSSR count). The van der Waals surface area contributed by atoms with Gasteiger partial charge in [0, 0.05) is 18.2 Å². The fourth-order valence-electron chi connectivity index (χ4n) is 1.90. The van der Waals surface area contributed by atoms with E-state index in [0.717, 1.165) is 6.42 Å². The fraction of sp³-hybridized carbons (Fsp3) is 0.556. The summed E-state index contributed by atoms with van der Waals surface area (Å²) in [5, 5.41) is 5.90. The smallest absolute Gasteiger partial charge is 0.253 e. The molecule has 1 unspecified atom stereocenters. The number of carbonyl (C=O) groups is 2. The summed E-state index contributed by atoms with van der Waals surface area (Å²) in [6, 6.07) is 4.81. The second-order valence-electron chi connectivity index (χ2n) is 6.51. The first-order chi connectivity index (χ1) is 11.2. The first-order valence-electron chi connectivity index (χ1n) is 8.23. The predicted molar refractivity (Wildman–Crippen MR) is 97.6 cm³/mol. The highest BCUT2D eigenvalue weighted by atomic mass is 35.5. The van der Waals surface area contributed by atoms with Crippen molar-refractivity contribution in [2.75, 3.05) is 11.9 Å². The second kappa shape index (κ2) is 9.64. The monoisotopic (exact) mass is 354 g/mol. The van der Waals surface area contributed by atoms with Gasteiger partial charge in [-0.3, -0.25) is 9.59 Å². The molecule has 0 saturated heterocycles. The van der Waals surface area contributed by atoms with Crippen LogP contribution in [-0.2, 0) is 9.53 Å². The van der Waals surface area contributed by atoms with Crippen LogP contribution in [0.3, 0.4) is 0 Å². The number of hydrogen-bond donors (Lipinski definition) is 2.